The molecule has 2 heterocycles. The van der Waals surface area contributed by atoms with Gasteiger partial charge >= 0.3 is 6.03 Å². The fourth-order valence-corrected chi connectivity index (χ4v) is 2.49. The van der Waals surface area contributed by atoms with Crippen LogP contribution in [-0.4, -0.2) is 18.7 Å². The van der Waals surface area contributed by atoms with Gasteiger partial charge in [-0.3, -0.25) is 0 Å². The van der Waals surface area contributed by atoms with Gasteiger partial charge < -0.3 is 19.8 Å². The summed E-state index contributed by atoms with van der Waals surface area (Å²) in [6.45, 7) is 2.42. The average Bonchev–Trinajstić information content (AvgIpc) is 3.09. The third-order valence-electron chi connectivity index (χ3n) is 3.47. The Morgan fingerprint density at radius 1 is 1.33 bits per heavy atom. The molecule has 2 atom stereocenters. The molecular formula is C16H18N2O3. The summed E-state index contributed by atoms with van der Waals surface area (Å²) in [5.41, 5.74) is 1.02. The van der Waals surface area contributed by atoms with Gasteiger partial charge in [0.05, 0.1) is 12.3 Å². The predicted octanol–water partition coefficient (Wildman–Crippen LogP) is 2.64. The molecule has 5 heteroatoms. The van der Waals surface area contributed by atoms with Crippen molar-refractivity contribution in [2.24, 2.45) is 0 Å². The number of rotatable bonds is 4. The molecule has 2 N–H and O–H groups in total. The highest BCUT2D eigenvalue weighted by Gasteiger charge is 2.25. The molecule has 3 rings (SSSR count). The maximum Gasteiger partial charge on any atom is 0.315 e. The van der Waals surface area contributed by atoms with E-state index in [0.29, 0.717) is 13.0 Å². The van der Waals surface area contributed by atoms with E-state index in [-0.39, 0.29) is 18.1 Å². The minimum Gasteiger partial charge on any atom is -0.491 e. The summed E-state index contributed by atoms with van der Waals surface area (Å²) < 4.78 is 10.8. The first-order valence-corrected chi connectivity index (χ1v) is 7.03. The molecule has 0 spiro atoms. The topological polar surface area (TPSA) is 63.5 Å². The lowest BCUT2D eigenvalue weighted by Gasteiger charge is -2.16. The molecule has 0 radical (unpaired) electrons. The lowest BCUT2D eigenvalue weighted by molar-refractivity contribution is 0.228. The van der Waals surface area contributed by atoms with Gasteiger partial charge in [0, 0.05) is 18.0 Å². The SMILES string of the molecule is C[C@H](Cc1ccco1)NC(=O)N[C@@H]1COc2ccccc21. The van der Waals surface area contributed by atoms with Gasteiger partial charge in [0.15, 0.2) is 0 Å². The number of urea groups is 1. The first-order chi connectivity index (χ1) is 10.2. The molecule has 0 saturated carbocycles. The van der Waals surface area contributed by atoms with E-state index in [1.165, 1.54) is 0 Å². The fraction of sp³-hybridized carbons (Fsp3) is 0.312. The number of hydrogen-bond donors (Lipinski definition) is 2. The number of para-hydroxylation sites is 1. The first kappa shape index (κ1) is 13.5. The summed E-state index contributed by atoms with van der Waals surface area (Å²) in [5, 5.41) is 5.85. The summed E-state index contributed by atoms with van der Waals surface area (Å²) in [6, 6.07) is 11.2. The lowest BCUT2D eigenvalue weighted by Crippen LogP contribution is -2.43. The monoisotopic (exact) mass is 286 g/mol. The van der Waals surface area contributed by atoms with Crippen LogP contribution in [0.2, 0.25) is 0 Å². The lowest BCUT2D eigenvalue weighted by atomic mass is 10.1. The highest BCUT2D eigenvalue weighted by atomic mass is 16.5. The summed E-state index contributed by atoms with van der Waals surface area (Å²) in [5.74, 6) is 1.70. The van der Waals surface area contributed by atoms with E-state index in [1.54, 1.807) is 6.26 Å². The zero-order valence-corrected chi connectivity index (χ0v) is 11.8. The van der Waals surface area contributed by atoms with Gasteiger partial charge in [-0.15, -0.1) is 0 Å². The van der Waals surface area contributed by atoms with Gasteiger partial charge in [-0.2, -0.15) is 0 Å². The maximum absolute atomic E-state index is 12.0. The molecule has 0 saturated heterocycles. The second-order valence-corrected chi connectivity index (χ2v) is 5.20. The van der Waals surface area contributed by atoms with Gasteiger partial charge in [0.1, 0.15) is 18.1 Å². The van der Waals surface area contributed by atoms with Crippen LogP contribution >= 0.6 is 0 Å². The molecular weight excluding hydrogens is 268 g/mol. The molecule has 2 amide bonds. The van der Waals surface area contributed by atoms with Crippen LogP contribution in [0.5, 0.6) is 5.75 Å². The van der Waals surface area contributed by atoms with Gasteiger partial charge in [0.25, 0.3) is 0 Å². The molecule has 1 aromatic heterocycles. The molecule has 5 nitrogen and oxygen atoms in total. The van der Waals surface area contributed by atoms with Crippen molar-refractivity contribution >= 4 is 6.03 Å². The third-order valence-corrected chi connectivity index (χ3v) is 3.47. The summed E-state index contributed by atoms with van der Waals surface area (Å²) in [4.78, 5) is 12.0. The number of amides is 2. The number of benzene rings is 1. The largest absolute Gasteiger partial charge is 0.491 e. The van der Waals surface area contributed by atoms with Crippen molar-refractivity contribution in [1.29, 1.82) is 0 Å². The van der Waals surface area contributed by atoms with Crippen LogP contribution in [0.15, 0.2) is 47.1 Å². The van der Waals surface area contributed by atoms with Gasteiger partial charge in [-0.05, 0) is 25.1 Å². The standard InChI is InChI=1S/C16H18N2O3/c1-11(9-12-5-4-8-20-12)17-16(19)18-14-10-21-15-7-3-2-6-13(14)15/h2-8,11,14H,9-10H2,1H3,(H2,17,18,19)/t11-,14-/m1/s1. The van der Waals surface area contributed by atoms with Crippen molar-refractivity contribution in [2.75, 3.05) is 6.61 Å². The zero-order valence-electron chi connectivity index (χ0n) is 11.8. The van der Waals surface area contributed by atoms with Crippen LogP contribution in [0.4, 0.5) is 4.79 Å². The summed E-state index contributed by atoms with van der Waals surface area (Å²) >= 11 is 0. The predicted molar refractivity (Wildman–Crippen MR) is 78.2 cm³/mol. The van der Waals surface area contributed by atoms with E-state index in [4.69, 9.17) is 9.15 Å². The molecule has 2 aromatic rings. The van der Waals surface area contributed by atoms with Crippen LogP contribution in [0.1, 0.15) is 24.3 Å². The van der Waals surface area contributed by atoms with Crippen LogP contribution in [0, 0.1) is 0 Å². The quantitative estimate of drug-likeness (QED) is 0.908. The number of fused-ring (bicyclic) bond motifs is 1. The van der Waals surface area contributed by atoms with E-state index in [9.17, 15) is 4.79 Å². The van der Waals surface area contributed by atoms with E-state index in [1.807, 2.05) is 43.3 Å². The molecule has 0 aliphatic carbocycles. The smallest absolute Gasteiger partial charge is 0.315 e. The first-order valence-electron chi connectivity index (χ1n) is 7.03. The van der Waals surface area contributed by atoms with Crippen LogP contribution < -0.4 is 15.4 Å². The Kier molecular flexibility index (Phi) is 3.81. The van der Waals surface area contributed by atoms with E-state index < -0.39 is 0 Å². The second kappa shape index (κ2) is 5.91. The number of nitrogens with one attached hydrogen (secondary N) is 2. The molecule has 0 bridgehead atoms. The molecule has 110 valence electrons. The Morgan fingerprint density at radius 3 is 3.00 bits per heavy atom. The molecule has 1 aliphatic heterocycles. The number of carbonyl (C=O) groups excluding carboxylic acids is 1. The van der Waals surface area contributed by atoms with Crippen LogP contribution in [0.25, 0.3) is 0 Å². The van der Waals surface area contributed by atoms with E-state index in [0.717, 1.165) is 17.1 Å². The summed E-state index contributed by atoms with van der Waals surface area (Å²) in [7, 11) is 0. The second-order valence-electron chi connectivity index (χ2n) is 5.20. The van der Waals surface area contributed by atoms with Gasteiger partial charge in [0.2, 0.25) is 0 Å². The fourth-order valence-electron chi connectivity index (χ4n) is 2.49. The molecule has 1 aromatic carbocycles. The highest BCUT2D eigenvalue weighted by molar-refractivity contribution is 5.75. The van der Waals surface area contributed by atoms with Gasteiger partial charge in [-0.1, -0.05) is 18.2 Å². The Balaban J connectivity index is 1.53. The van der Waals surface area contributed by atoms with Crippen LogP contribution in [0.3, 0.4) is 0 Å². The molecule has 1 aliphatic rings. The number of ether oxygens (including phenoxy) is 1. The van der Waals surface area contributed by atoms with Gasteiger partial charge in [-0.25, -0.2) is 4.79 Å². The highest BCUT2D eigenvalue weighted by Crippen LogP contribution is 2.31. The minimum atomic E-state index is -0.195. The Hall–Kier alpha value is -2.43. The van der Waals surface area contributed by atoms with Crippen molar-refractivity contribution in [1.82, 2.24) is 10.6 Å². The van der Waals surface area contributed by atoms with Crippen molar-refractivity contribution in [3.05, 3.63) is 54.0 Å². The van der Waals surface area contributed by atoms with E-state index >= 15 is 0 Å². The van der Waals surface area contributed by atoms with Crippen molar-refractivity contribution < 1.29 is 13.9 Å². The number of hydrogen-bond acceptors (Lipinski definition) is 3. The van der Waals surface area contributed by atoms with Crippen molar-refractivity contribution in [3.63, 3.8) is 0 Å². The minimum absolute atomic E-state index is 0.00582. The maximum atomic E-state index is 12.0. The Bertz CT molecular complexity index is 610. The number of furan rings is 1. The molecule has 0 unspecified atom stereocenters. The van der Waals surface area contributed by atoms with Crippen molar-refractivity contribution in [2.45, 2.75) is 25.4 Å². The Morgan fingerprint density at radius 2 is 2.19 bits per heavy atom. The third kappa shape index (κ3) is 3.18. The zero-order chi connectivity index (χ0) is 14.7. The van der Waals surface area contributed by atoms with Crippen LogP contribution in [-0.2, 0) is 6.42 Å². The Labute approximate surface area is 123 Å². The molecule has 21 heavy (non-hydrogen) atoms. The molecule has 0 fully saturated rings. The van der Waals surface area contributed by atoms with Crippen molar-refractivity contribution in [3.8, 4) is 5.75 Å². The normalized spacial score (nSPS) is 17.7. The summed E-state index contributed by atoms with van der Waals surface area (Å²) in [6.07, 6.45) is 2.30. The number of carbonyl (C=O) groups is 1. The van der Waals surface area contributed by atoms with E-state index in [2.05, 4.69) is 10.6 Å². The average molecular weight is 286 g/mol.